The van der Waals surface area contributed by atoms with Crippen molar-refractivity contribution in [3.8, 4) is 5.75 Å². The highest BCUT2D eigenvalue weighted by Gasteiger charge is 2.03. The number of carbonyl (C=O) groups is 1. The van der Waals surface area contributed by atoms with Crippen molar-refractivity contribution in [3.63, 3.8) is 0 Å². The second kappa shape index (κ2) is 7.17. The van der Waals surface area contributed by atoms with E-state index in [1.807, 2.05) is 12.1 Å². The molecule has 0 radical (unpaired) electrons. The molecule has 0 spiro atoms. The smallest absolute Gasteiger partial charge is 0.303 e. The first-order valence-corrected chi connectivity index (χ1v) is 6.05. The number of aliphatic carboxylic acids is 1. The van der Waals surface area contributed by atoms with Crippen LogP contribution in [0, 0.1) is 0 Å². The third-order valence-electron chi connectivity index (χ3n) is 2.60. The molecule has 0 amide bonds. The number of carboxylic acid groups (broad SMARTS) is 1. The van der Waals surface area contributed by atoms with Gasteiger partial charge < -0.3 is 9.84 Å². The van der Waals surface area contributed by atoms with E-state index in [4.69, 9.17) is 21.4 Å². The summed E-state index contributed by atoms with van der Waals surface area (Å²) in [6.45, 7) is 0. The molecule has 4 heteroatoms. The Labute approximate surface area is 106 Å². The molecule has 0 atom stereocenters. The zero-order valence-electron chi connectivity index (χ0n) is 9.91. The molecule has 0 saturated carbocycles. The Kier molecular flexibility index (Phi) is 5.84. The number of hydrogen-bond acceptors (Lipinski definition) is 2. The van der Waals surface area contributed by atoms with Gasteiger partial charge in [-0.15, -0.1) is 0 Å². The Hall–Kier alpha value is -1.22. The van der Waals surface area contributed by atoms with E-state index in [1.54, 1.807) is 13.2 Å². The summed E-state index contributed by atoms with van der Waals surface area (Å²) in [7, 11) is 1.61. The molecular formula is C13H17ClO3. The van der Waals surface area contributed by atoms with E-state index >= 15 is 0 Å². The predicted octanol–water partition coefficient (Wildman–Crippen LogP) is 3.54. The minimum atomic E-state index is -0.729. The number of aryl methyl sites for hydroxylation is 1. The molecule has 3 nitrogen and oxygen atoms in total. The molecular weight excluding hydrogens is 240 g/mol. The average Bonchev–Trinajstić information content (AvgIpc) is 2.30. The summed E-state index contributed by atoms with van der Waals surface area (Å²) < 4.78 is 5.07. The van der Waals surface area contributed by atoms with Crippen molar-refractivity contribution in [1.29, 1.82) is 0 Å². The predicted molar refractivity (Wildman–Crippen MR) is 67.8 cm³/mol. The van der Waals surface area contributed by atoms with E-state index in [-0.39, 0.29) is 6.42 Å². The van der Waals surface area contributed by atoms with Gasteiger partial charge in [-0.1, -0.05) is 24.1 Å². The van der Waals surface area contributed by atoms with Crippen LogP contribution in [-0.4, -0.2) is 18.2 Å². The van der Waals surface area contributed by atoms with Crippen LogP contribution in [0.4, 0.5) is 0 Å². The standard InChI is InChI=1S/C13H17ClO3/c1-17-11-8-7-10(12(14)9-11)5-3-2-4-6-13(15)16/h7-9H,2-6H2,1H3,(H,15,16). The van der Waals surface area contributed by atoms with Crippen molar-refractivity contribution < 1.29 is 14.6 Å². The van der Waals surface area contributed by atoms with Crippen molar-refractivity contribution in [2.45, 2.75) is 32.1 Å². The monoisotopic (exact) mass is 256 g/mol. The number of hydrogen-bond donors (Lipinski definition) is 1. The summed E-state index contributed by atoms with van der Waals surface area (Å²) >= 11 is 6.10. The molecule has 0 aliphatic heterocycles. The fourth-order valence-electron chi connectivity index (χ4n) is 1.63. The molecule has 0 aliphatic rings. The quantitative estimate of drug-likeness (QED) is 0.759. The molecule has 0 bridgehead atoms. The maximum Gasteiger partial charge on any atom is 0.303 e. The second-order valence-corrected chi connectivity index (χ2v) is 4.32. The van der Waals surface area contributed by atoms with Gasteiger partial charge in [0.2, 0.25) is 0 Å². The molecule has 1 aromatic carbocycles. The Morgan fingerprint density at radius 3 is 2.71 bits per heavy atom. The van der Waals surface area contributed by atoms with Gasteiger partial charge in [-0.2, -0.15) is 0 Å². The van der Waals surface area contributed by atoms with E-state index in [9.17, 15) is 4.79 Å². The lowest BCUT2D eigenvalue weighted by Crippen LogP contribution is -1.94. The Balaban J connectivity index is 2.34. The average molecular weight is 257 g/mol. The molecule has 0 unspecified atom stereocenters. The fourth-order valence-corrected chi connectivity index (χ4v) is 1.89. The van der Waals surface area contributed by atoms with Gasteiger partial charge in [0.15, 0.2) is 0 Å². The van der Waals surface area contributed by atoms with Crippen molar-refractivity contribution in [1.82, 2.24) is 0 Å². The Bertz CT molecular complexity index is 377. The van der Waals surface area contributed by atoms with Gasteiger partial charge in [0.05, 0.1) is 7.11 Å². The molecule has 1 aromatic rings. The Morgan fingerprint density at radius 1 is 1.35 bits per heavy atom. The number of methoxy groups -OCH3 is 1. The largest absolute Gasteiger partial charge is 0.497 e. The third-order valence-corrected chi connectivity index (χ3v) is 2.95. The molecule has 0 aromatic heterocycles. The minimum absolute atomic E-state index is 0.246. The maximum atomic E-state index is 10.3. The van der Waals surface area contributed by atoms with Crippen LogP contribution in [0.15, 0.2) is 18.2 Å². The van der Waals surface area contributed by atoms with Gasteiger partial charge in [-0.25, -0.2) is 0 Å². The van der Waals surface area contributed by atoms with Gasteiger partial charge in [0.25, 0.3) is 0 Å². The first kappa shape index (κ1) is 13.8. The van der Waals surface area contributed by atoms with Crippen LogP contribution < -0.4 is 4.74 Å². The zero-order chi connectivity index (χ0) is 12.7. The lowest BCUT2D eigenvalue weighted by Gasteiger charge is -2.06. The molecule has 1 rings (SSSR count). The van der Waals surface area contributed by atoms with E-state index in [0.29, 0.717) is 5.02 Å². The SMILES string of the molecule is COc1ccc(CCCCCC(=O)O)c(Cl)c1. The highest BCUT2D eigenvalue weighted by molar-refractivity contribution is 6.31. The summed E-state index contributed by atoms with van der Waals surface area (Å²) in [5.41, 5.74) is 1.09. The van der Waals surface area contributed by atoms with Crippen LogP contribution in [0.3, 0.4) is 0 Å². The number of carboxylic acids is 1. The summed E-state index contributed by atoms with van der Waals surface area (Å²) in [6.07, 6.45) is 3.72. The number of unbranched alkanes of at least 4 members (excludes halogenated alkanes) is 2. The number of rotatable bonds is 7. The van der Waals surface area contributed by atoms with Crippen molar-refractivity contribution in [2.24, 2.45) is 0 Å². The molecule has 0 fully saturated rings. The summed E-state index contributed by atoms with van der Waals surface area (Å²) in [6, 6.07) is 5.64. The fraction of sp³-hybridized carbons (Fsp3) is 0.462. The van der Waals surface area contributed by atoms with Crippen molar-refractivity contribution in [3.05, 3.63) is 28.8 Å². The zero-order valence-corrected chi connectivity index (χ0v) is 10.7. The van der Waals surface area contributed by atoms with Gasteiger partial charge >= 0.3 is 5.97 Å². The van der Waals surface area contributed by atoms with Crippen LogP contribution >= 0.6 is 11.6 Å². The Morgan fingerprint density at radius 2 is 2.12 bits per heavy atom. The first-order valence-electron chi connectivity index (χ1n) is 5.67. The molecule has 0 heterocycles. The van der Waals surface area contributed by atoms with E-state index in [0.717, 1.165) is 37.0 Å². The van der Waals surface area contributed by atoms with Crippen molar-refractivity contribution in [2.75, 3.05) is 7.11 Å². The van der Waals surface area contributed by atoms with Crippen LogP contribution in [0.1, 0.15) is 31.2 Å². The third kappa shape index (κ3) is 5.09. The normalized spacial score (nSPS) is 10.2. The minimum Gasteiger partial charge on any atom is -0.497 e. The second-order valence-electron chi connectivity index (χ2n) is 3.91. The first-order chi connectivity index (χ1) is 8.13. The van der Waals surface area contributed by atoms with Gasteiger partial charge in [0, 0.05) is 11.4 Å². The van der Waals surface area contributed by atoms with Gasteiger partial charge in [-0.05, 0) is 37.0 Å². The molecule has 17 heavy (non-hydrogen) atoms. The molecule has 0 aliphatic carbocycles. The van der Waals surface area contributed by atoms with Crippen LogP contribution in [-0.2, 0) is 11.2 Å². The molecule has 94 valence electrons. The molecule has 1 N–H and O–H groups in total. The van der Waals surface area contributed by atoms with E-state index in [2.05, 4.69) is 0 Å². The van der Waals surface area contributed by atoms with Crippen LogP contribution in [0.5, 0.6) is 5.75 Å². The van der Waals surface area contributed by atoms with Crippen LogP contribution in [0.25, 0.3) is 0 Å². The summed E-state index contributed by atoms with van der Waals surface area (Å²) in [5.74, 6) is 0.0251. The lowest BCUT2D eigenvalue weighted by molar-refractivity contribution is -0.137. The lowest BCUT2D eigenvalue weighted by atomic mass is 10.1. The number of ether oxygens (including phenoxy) is 1. The summed E-state index contributed by atoms with van der Waals surface area (Å²) in [4.78, 5) is 10.3. The highest BCUT2D eigenvalue weighted by atomic mass is 35.5. The van der Waals surface area contributed by atoms with Crippen molar-refractivity contribution >= 4 is 17.6 Å². The summed E-state index contributed by atoms with van der Waals surface area (Å²) in [5, 5.41) is 9.21. The van der Waals surface area contributed by atoms with Gasteiger partial charge in [-0.3, -0.25) is 4.79 Å². The van der Waals surface area contributed by atoms with Crippen LogP contribution in [0.2, 0.25) is 5.02 Å². The van der Waals surface area contributed by atoms with E-state index in [1.165, 1.54) is 0 Å². The highest BCUT2D eigenvalue weighted by Crippen LogP contribution is 2.23. The topological polar surface area (TPSA) is 46.5 Å². The number of halogens is 1. The van der Waals surface area contributed by atoms with E-state index < -0.39 is 5.97 Å². The maximum absolute atomic E-state index is 10.3. The number of benzene rings is 1. The van der Waals surface area contributed by atoms with Gasteiger partial charge in [0.1, 0.15) is 5.75 Å². The molecule has 0 saturated heterocycles.